The molecule has 0 heterocycles. The maximum absolute atomic E-state index is 10.7. The Morgan fingerprint density at radius 3 is 2.67 bits per heavy atom. The van der Waals surface area contributed by atoms with Gasteiger partial charge >= 0.3 is 0 Å². The lowest BCUT2D eigenvalue weighted by atomic mass is 9.97. The first kappa shape index (κ1) is 10.0. The predicted molar refractivity (Wildman–Crippen MR) is 57.9 cm³/mol. The van der Waals surface area contributed by atoms with Crippen LogP contribution in [0.4, 0.5) is 5.69 Å². The summed E-state index contributed by atoms with van der Waals surface area (Å²) < 4.78 is 0. The third kappa shape index (κ3) is 1.57. The van der Waals surface area contributed by atoms with E-state index in [0.29, 0.717) is 0 Å². The molecular formula is C11H8ClNO2. The molecule has 76 valence electrons. The predicted octanol–water partition coefficient (Wildman–Crippen LogP) is 2.91. The largest absolute Gasteiger partial charge is 0.288 e. The lowest BCUT2D eigenvalue weighted by Gasteiger charge is -2.07. The quantitative estimate of drug-likeness (QED) is 0.438. The lowest BCUT2D eigenvalue weighted by molar-refractivity contribution is -0.384. The van der Waals surface area contributed by atoms with Gasteiger partial charge in [-0.15, -0.1) is 6.42 Å². The van der Waals surface area contributed by atoms with Crippen molar-refractivity contribution >= 4 is 17.3 Å². The third-order valence-electron chi connectivity index (χ3n) is 2.72. The van der Waals surface area contributed by atoms with Crippen molar-refractivity contribution in [3.05, 3.63) is 38.9 Å². The minimum atomic E-state index is -0.488. The van der Waals surface area contributed by atoms with Gasteiger partial charge in [-0.3, -0.25) is 10.1 Å². The minimum Gasteiger partial charge on any atom is -0.258 e. The van der Waals surface area contributed by atoms with Crippen LogP contribution in [0.1, 0.15) is 18.4 Å². The van der Waals surface area contributed by atoms with Crippen LogP contribution in [-0.2, 0) is 5.41 Å². The zero-order valence-electron chi connectivity index (χ0n) is 7.87. The zero-order chi connectivity index (χ0) is 11.1. The standard InChI is InChI=1S/C11H8ClNO2/c1-2-11(5-6-11)8-3-4-9(12)10(7-8)13(14)15/h1,3-4,7H,5-6H2. The average molecular weight is 222 g/mol. The normalized spacial score (nSPS) is 16.8. The van der Waals surface area contributed by atoms with Crippen LogP contribution in [-0.4, -0.2) is 4.92 Å². The van der Waals surface area contributed by atoms with Gasteiger partial charge in [0.2, 0.25) is 0 Å². The second-order valence-corrected chi connectivity index (χ2v) is 4.06. The molecule has 1 aromatic rings. The molecule has 15 heavy (non-hydrogen) atoms. The van der Waals surface area contributed by atoms with Crippen molar-refractivity contribution in [3.63, 3.8) is 0 Å². The number of rotatable bonds is 2. The first-order valence-electron chi connectivity index (χ1n) is 4.51. The van der Waals surface area contributed by atoms with Crippen molar-refractivity contribution in [2.24, 2.45) is 0 Å². The van der Waals surface area contributed by atoms with Crippen LogP contribution < -0.4 is 0 Å². The van der Waals surface area contributed by atoms with E-state index in [0.717, 1.165) is 18.4 Å². The molecule has 1 fully saturated rings. The highest BCUT2D eigenvalue weighted by Crippen LogP contribution is 2.48. The van der Waals surface area contributed by atoms with Crippen molar-refractivity contribution in [1.29, 1.82) is 0 Å². The third-order valence-corrected chi connectivity index (χ3v) is 3.04. The van der Waals surface area contributed by atoms with E-state index in [1.807, 2.05) is 0 Å². The van der Waals surface area contributed by atoms with Gasteiger partial charge in [0.15, 0.2) is 0 Å². The molecule has 0 atom stereocenters. The van der Waals surface area contributed by atoms with E-state index < -0.39 is 4.92 Å². The second kappa shape index (κ2) is 3.25. The fourth-order valence-electron chi connectivity index (χ4n) is 1.59. The number of nitrogens with zero attached hydrogens (tertiary/aromatic N) is 1. The Balaban J connectivity index is 2.49. The summed E-state index contributed by atoms with van der Waals surface area (Å²) in [7, 11) is 0. The summed E-state index contributed by atoms with van der Waals surface area (Å²) in [5.74, 6) is 2.69. The molecule has 0 spiro atoms. The Bertz CT molecular complexity index is 472. The molecule has 0 amide bonds. The summed E-state index contributed by atoms with van der Waals surface area (Å²) in [5.41, 5.74) is 0.465. The van der Waals surface area contributed by atoms with Gasteiger partial charge in [-0.05, 0) is 24.5 Å². The number of halogens is 1. The molecule has 1 saturated carbocycles. The Morgan fingerprint density at radius 1 is 1.53 bits per heavy atom. The van der Waals surface area contributed by atoms with Crippen LogP contribution in [0.15, 0.2) is 18.2 Å². The van der Waals surface area contributed by atoms with E-state index in [2.05, 4.69) is 5.92 Å². The Morgan fingerprint density at radius 2 is 2.20 bits per heavy atom. The van der Waals surface area contributed by atoms with Gasteiger partial charge in [-0.2, -0.15) is 0 Å². The van der Waals surface area contributed by atoms with Crippen molar-refractivity contribution in [3.8, 4) is 12.3 Å². The van der Waals surface area contributed by atoms with Crippen molar-refractivity contribution < 1.29 is 4.92 Å². The average Bonchev–Trinajstić information content (AvgIpc) is 2.99. The number of hydrogen-bond donors (Lipinski definition) is 0. The molecule has 2 rings (SSSR count). The van der Waals surface area contributed by atoms with Gasteiger partial charge < -0.3 is 0 Å². The maximum Gasteiger partial charge on any atom is 0.288 e. The van der Waals surface area contributed by atoms with Crippen LogP contribution in [0.25, 0.3) is 0 Å². The zero-order valence-corrected chi connectivity index (χ0v) is 8.62. The van der Waals surface area contributed by atoms with E-state index in [-0.39, 0.29) is 16.1 Å². The van der Waals surface area contributed by atoms with Crippen molar-refractivity contribution in [1.82, 2.24) is 0 Å². The van der Waals surface area contributed by atoms with Crippen LogP contribution in [0, 0.1) is 22.5 Å². The minimum absolute atomic E-state index is 0.0734. The van der Waals surface area contributed by atoms with Crippen LogP contribution in [0.5, 0.6) is 0 Å². The van der Waals surface area contributed by atoms with Gasteiger partial charge in [-0.1, -0.05) is 23.6 Å². The summed E-state index contributed by atoms with van der Waals surface area (Å²) >= 11 is 5.71. The van der Waals surface area contributed by atoms with E-state index in [9.17, 15) is 10.1 Å². The molecule has 0 saturated heterocycles. The molecule has 0 N–H and O–H groups in total. The fraction of sp³-hybridized carbons (Fsp3) is 0.273. The van der Waals surface area contributed by atoms with E-state index in [1.54, 1.807) is 6.07 Å². The SMILES string of the molecule is C#CC1(c2ccc(Cl)c([N+](=O)[O-])c2)CC1. The Labute approximate surface area is 92.2 Å². The molecule has 1 aliphatic rings. The summed E-state index contributed by atoms with van der Waals surface area (Å²) in [6.07, 6.45) is 7.19. The molecule has 1 aliphatic carbocycles. The molecule has 0 unspecified atom stereocenters. The smallest absolute Gasteiger partial charge is 0.258 e. The first-order valence-corrected chi connectivity index (χ1v) is 4.89. The Hall–Kier alpha value is -1.53. The highest BCUT2D eigenvalue weighted by Gasteiger charge is 2.43. The van der Waals surface area contributed by atoms with E-state index >= 15 is 0 Å². The molecule has 4 heteroatoms. The highest BCUT2D eigenvalue weighted by atomic mass is 35.5. The van der Waals surface area contributed by atoms with Crippen LogP contribution in [0.2, 0.25) is 5.02 Å². The molecule has 3 nitrogen and oxygen atoms in total. The first-order chi connectivity index (χ1) is 7.09. The van der Waals surface area contributed by atoms with Crippen molar-refractivity contribution in [2.45, 2.75) is 18.3 Å². The molecule has 0 aliphatic heterocycles. The fourth-order valence-corrected chi connectivity index (χ4v) is 1.78. The van der Waals surface area contributed by atoms with Gasteiger partial charge in [-0.25, -0.2) is 0 Å². The van der Waals surface area contributed by atoms with Gasteiger partial charge in [0.1, 0.15) is 5.02 Å². The summed E-state index contributed by atoms with van der Waals surface area (Å²) in [6.45, 7) is 0. The van der Waals surface area contributed by atoms with Gasteiger partial charge in [0, 0.05) is 6.07 Å². The number of hydrogen-bond acceptors (Lipinski definition) is 2. The van der Waals surface area contributed by atoms with Crippen molar-refractivity contribution in [2.75, 3.05) is 0 Å². The van der Waals surface area contributed by atoms with E-state index in [4.69, 9.17) is 18.0 Å². The maximum atomic E-state index is 10.7. The van der Waals surface area contributed by atoms with E-state index in [1.165, 1.54) is 12.1 Å². The highest BCUT2D eigenvalue weighted by molar-refractivity contribution is 6.32. The van der Waals surface area contributed by atoms with Gasteiger partial charge in [0.05, 0.1) is 10.3 Å². The second-order valence-electron chi connectivity index (χ2n) is 3.65. The number of nitro benzene ring substituents is 1. The van der Waals surface area contributed by atoms with Gasteiger partial charge in [0.25, 0.3) is 5.69 Å². The molecule has 0 radical (unpaired) electrons. The summed E-state index contributed by atoms with van der Waals surface area (Å²) in [5, 5.41) is 10.8. The number of nitro groups is 1. The summed E-state index contributed by atoms with van der Waals surface area (Å²) in [4.78, 5) is 10.2. The topological polar surface area (TPSA) is 43.1 Å². The summed E-state index contributed by atoms with van der Waals surface area (Å²) in [6, 6.07) is 4.78. The number of terminal acetylenes is 1. The van der Waals surface area contributed by atoms with Crippen LogP contribution in [0.3, 0.4) is 0 Å². The monoisotopic (exact) mass is 221 g/mol. The molecule has 0 bridgehead atoms. The number of benzene rings is 1. The molecule has 0 aromatic heterocycles. The lowest BCUT2D eigenvalue weighted by Crippen LogP contribution is -2.03. The molecular weight excluding hydrogens is 214 g/mol. The Kier molecular flexibility index (Phi) is 2.17. The molecule has 1 aromatic carbocycles. The van der Waals surface area contributed by atoms with Crippen LogP contribution >= 0.6 is 11.6 Å².